The second-order valence-electron chi connectivity index (χ2n) is 8.45. The molecule has 1 aromatic heterocycles. The molecule has 0 bridgehead atoms. The predicted molar refractivity (Wildman–Crippen MR) is 129 cm³/mol. The summed E-state index contributed by atoms with van der Waals surface area (Å²) in [5.74, 6) is 1.61. The van der Waals surface area contributed by atoms with Crippen molar-refractivity contribution in [1.82, 2.24) is 19.8 Å². The standard InChI is InChI=1S/C22H32BrN7O/c1-15-12-18(26-22-25-14-17(23)21(24)27-22)20(31-3)13-19(15)30-6-4-16(5-7-30)29-10-8-28(2)9-11-29/h12-14,16H,4-11H2,1-3H3,(H3,24,25,26,27). The number of nitrogens with zero attached hydrogens (tertiary/aromatic N) is 5. The van der Waals surface area contributed by atoms with E-state index in [-0.39, 0.29) is 0 Å². The summed E-state index contributed by atoms with van der Waals surface area (Å²) in [7, 11) is 3.91. The minimum absolute atomic E-state index is 0.396. The number of aromatic nitrogens is 2. The number of ether oxygens (including phenoxy) is 1. The molecule has 0 atom stereocenters. The van der Waals surface area contributed by atoms with E-state index in [1.807, 2.05) is 0 Å². The summed E-state index contributed by atoms with van der Waals surface area (Å²) in [5, 5.41) is 3.24. The fourth-order valence-corrected chi connectivity index (χ4v) is 4.70. The van der Waals surface area contributed by atoms with Crippen LogP contribution in [0.15, 0.2) is 22.8 Å². The molecule has 0 unspecified atom stereocenters. The molecule has 2 aliphatic heterocycles. The summed E-state index contributed by atoms with van der Waals surface area (Å²) in [6.45, 7) is 9.02. The Kier molecular flexibility index (Phi) is 6.83. The zero-order valence-corrected chi connectivity index (χ0v) is 20.2. The molecule has 0 amide bonds. The van der Waals surface area contributed by atoms with Gasteiger partial charge >= 0.3 is 0 Å². The van der Waals surface area contributed by atoms with Crippen LogP contribution in [0.25, 0.3) is 0 Å². The van der Waals surface area contributed by atoms with E-state index in [1.54, 1.807) is 13.3 Å². The van der Waals surface area contributed by atoms with Gasteiger partial charge in [0.15, 0.2) is 0 Å². The van der Waals surface area contributed by atoms with Gasteiger partial charge in [-0.1, -0.05) is 0 Å². The summed E-state index contributed by atoms with van der Waals surface area (Å²) < 4.78 is 6.36. The van der Waals surface area contributed by atoms with Crippen molar-refractivity contribution in [3.05, 3.63) is 28.4 Å². The minimum Gasteiger partial charge on any atom is -0.494 e. The normalized spacial score (nSPS) is 18.9. The highest BCUT2D eigenvalue weighted by atomic mass is 79.9. The molecule has 3 heterocycles. The van der Waals surface area contributed by atoms with Crippen molar-refractivity contribution in [2.75, 3.05) is 69.4 Å². The van der Waals surface area contributed by atoms with Crippen LogP contribution >= 0.6 is 15.9 Å². The molecule has 2 aromatic rings. The summed E-state index contributed by atoms with van der Waals surface area (Å²) in [6.07, 6.45) is 4.05. The summed E-state index contributed by atoms with van der Waals surface area (Å²) in [6, 6.07) is 4.92. The molecule has 2 aliphatic rings. The number of piperazine rings is 1. The van der Waals surface area contributed by atoms with Crippen molar-refractivity contribution in [2.45, 2.75) is 25.8 Å². The first-order valence-electron chi connectivity index (χ1n) is 10.9. The van der Waals surface area contributed by atoms with Crippen LogP contribution in [0.4, 0.5) is 23.1 Å². The van der Waals surface area contributed by atoms with Crippen LogP contribution in [-0.2, 0) is 0 Å². The lowest BCUT2D eigenvalue weighted by molar-refractivity contribution is 0.0982. The number of halogens is 1. The number of nitrogens with one attached hydrogen (secondary N) is 1. The van der Waals surface area contributed by atoms with Gasteiger partial charge in [0.1, 0.15) is 11.6 Å². The topological polar surface area (TPSA) is 82.8 Å². The summed E-state index contributed by atoms with van der Waals surface area (Å²) in [5.41, 5.74) is 9.15. The molecule has 0 aliphatic carbocycles. The molecule has 0 spiro atoms. The molecular formula is C22H32BrN7O. The number of benzene rings is 1. The van der Waals surface area contributed by atoms with E-state index in [2.05, 4.69) is 72.0 Å². The average molecular weight is 490 g/mol. The molecule has 2 fully saturated rings. The van der Waals surface area contributed by atoms with Crippen LogP contribution in [0, 0.1) is 6.92 Å². The van der Waals surface area contributed by atoms with Crippen molar-refractivity contribution in [1.29, 1.82) is 0 Å². The lowest BCUT2D eigenvalue weighted by Gasteiger charge is -2.43. The second-order valence-corrected chi connectivity index (χ2v) is 9.30. The number of hydrogen-bond acceptors (Lipinski definition) is 8. The van der Waals surface area contributed by atoms with Crippen LogP contribution < -0.4 is 20.7 Å². The smallest absolute Gasteiger partial charge is 0.229 e. The van der Waals surface area contributed by atoms with Gasteiger partial charge in [0, 0.05) is 63.3 Å². The van der Waals surface area contributed by atoms with E-state index in [1.165, 1.54) is 50.3 Å². The summed E-state index contributed by atoms with van der Waals surface area (Å²) in [4.78, 5) is 16.2. The van der Waals surface area contributed by atoms with Gasteiger partial charge < -0.3 is 25.6 Å². The number of rotatable bonds is 5. The molecule has 4 rings (SSSR count). The predicted octanol–water partition coefficient (Wildman–Crippen LogP) is 3.10. The van der Waals surface area contributed by atoms with E-state index >= 15 is 0 Å². The highest BCUT2D eigenvalue weighted by Gasteiger charge is 2.27. The Hall–Kier alpha value is -2.10. The Morgan fingerprint density at radius 2 is 1.84 bits per heavy atom. The first-order chi connectivity index (χ1) is 14.9. The number of hydrogen-bond donors (Lipinski definition) is 2. The molecule has 31 heavy (non-hydrogen) atoms. The fraction of sp³-hybridized carbons (Fsp3) is 0.545. The Labute approximate surface area is 192 Å². The van der Waals surface area contributed by atoms with E-state index < -0.39 is 0 Å². The third kappa shape index (κ3) is 5.05. The number of nitrogens with two attached hydrogens (primary N) is 1. The quantitative estimate of drug-likeness (QED) is 0.662. The average Bonchev–Trinajstić information content (AvgIpc) is 2.77. The number of piperidine rings is 1. The first-order valence-corrected chi connectivity index (χ1v) is 11.6. The maximum Gasteiger partial charge on any atom is 0.229 e. The summed E-state index contributed by atoms with van der Waals surface area (Å²) >= 11 is 3.33. The van der Waals surface area contributed by atoms with Gasteiger partial charge in [-0.3, -0.25) is 4.90 Å². The van der Waals surface area contributed by atoms with Gasteiger partial charge in [0.2, 0.25) is 5.95 Å². The lowest BCUT2D eigenvalue weighted by Crippen LogP contribution is -2.52. The van der Waals surface area contributed by atoms with Gasteiger partial charge in [-0.25, -0.2) is 4.98 Å². The van der Waals surface area contributed by atoms with Crippen LogP contribution in [0.3, 0.4) is 0 Å². The van der Waals surface area contributed by atoms with Gasteiger partial charge in [0.25, 0.3) is 0 Å². The molecule has 8 nitrogen and oxygen atoms in total. The highest BCUT2D eigenvalue weighted by Crippen LogP contribution is 2.36. The van der Waals surface area contributed by atoms with Gasteiger partial charge in [-0.15, -0.1) is 0 Å². The zero-order chi connectivity index (χ0) is 22.0. The van der Waals surface area contributed by atoms with E-state index in [4.69, 9.17) is 10.5 Å². The number of methoxy groups -OCH3 is 1. The molecule has 1 aromatic carbocycles. The van der Waals surface area contributed by atoms with Crippen LogP contribution in [0.5, 0.6) is 5.75 Å². The Bertz CT molecular complexity index is 909. The highest BCUT2D eigenvalue weighted by molar-refractivity contribution is 9.10. The van der Waals surface area contributed by atoms with E-state index in [9.17, 15) is 0 Å². The minimum atomic E-state index is 0.396. The molecule has 0 saturated carbocycles. The van der Waals surface area contributed by atoms with Crippen molar-refractivity contribution in [3.63, 3.8) is 0 Å². The monoisotopic (exact) mass is 489 g/mol. The van der Waals surface area contributed by atoms with Crippen LogP contribution in [0.2, 0.25) is 0 Å². The Morgan fingerprint density at radius 3 is 2.48 bits per heavy atom. The van der Waals surface area contributed by atoms with Gasteiger partial charge in [-0.05, 0) is 54.4 Å². The largest absolute Gasteiger partial charge is 0.494 e. The Morgan fingerprint density at radius 1 is 1.13 bits per heavy atom. The number of anilines is 4. The molecule has 3 N–H and O–H groups in total. The zero-order valence-electron chi connectivity index (χ0n) is 18.6. The second kappa shape index (κ2) is 9.58. The lowest BCUT2D eigenvalue weighted by atomic mass is 10.0. The van der Waals surface area contributed by atoms with Crippen LogP contribution in [0.1, 0.15) is 18.4 Å². The SMILES string of the molecule is COc1cc(N2CCC(N3CCN(C)CC3)CC2)c(C)cc1Nc1ncc(Br)c(N)n1. The molecule has 168 valence electrons. The van der Waals surface area contributed by atoms with Gasteiger partial charge in [0.05, 0.1) is 17.3 Å². The molecular weight excluding hydrogens is 458 g/mol. The fourth-order valence-electron chi connectivity index (χ4n) is 4.50. The van der Waals surface area contributed by atoms with Crippen molar-refractivity contribution in [2.24, 2.45) is 0 Å². The molecule has 0 radical (unpaired) electrons. The third-order valence-corrected chi connectivity index (χ3v) is 7.01. The Balaban J connectivity index is 1.45. The molecule has 9 heteroatoms. The maximum atomic E-state index is 5.89. The number of likely N-dealkylation sites (N-methyl/N-ethyl adjacent to an activating group) is 1. The van der Waals surface area contributed by atoms with Crippen LogP contribution in [-0.4, -0.2) is 79.2 Å². The number of nitrogen functional groups attached to an aromatic ring is 1. The van der Waals surface area contributed by atoms with E-state index in [0.717, 1.165) is 24.5 Å². The van der Waals surface area contributed by atoms with E-state index in [0.29, 0.717) is 22.3 Å². The van der Waals surface area contributed by atoms with Crippen molar-refractivity contribution < 1.29 is 4.74 Å². The maximum absolute atomic E-state index is 5.89. The molecule has 2 saturated heterocycles. The van der Waals surface area contributed by atoms with Crippen molar-refractivity contribution in [3.8, 4) is 5.75 Å². The number of aryl methyl sites for hydroxylation is 1. The van der Waals surface area contributed by atoms with Crippen molar-refractivity contribution >= 4 is 39.1 Å². The first kappa shape index (κ1) is 22.1. The van der Waals surface area contributed by atoms with Gasteiger partial charge in [-0.2, -0.15) is 4.98 Å². The third-order valence-electron chi connectivity index (χ3n) is 6.40.